The Morgan fingerprint density at radius 2 is 1.90 bits per heavy atom. The zero-order chi connectivity index (χ0) is 15.2. The lowest BCUT2D eigenvalue weighted by Gasteiger charge is -2.51. The zero-order valence-corrected chi connectivity index (χ0v) is 13.7. The van der Waals surface area contributed by atoms with Gasteiger partial charge in [-0.15, -0.1) is 0 Å². The predicted octanol–water partition coefficient (Wildman–Crippen LogP) is 2.78. The van der Waals surface area contributed by atoms with Crippen LogP contribution in [0.1, 0.15) is 49.7 Å². The van der Waals surface area contributed by atoms with Gasteiger partial charge in [0.2, 0.25) is 0 Å². The average molecular weight is 289 g/mol. The summed E-state index contributed by atoms with van der Waals surface area (Å²) < 4.78 is 0. The largest absolute Gasteiger partial charge is 0.389 e. The molecule has 1 aromatic heterocycles. The van der Waals surface area contributed by atoms with Crippen LogP contribution in [0.3, 0.4) is 0 Å². The first-order valence-corrected chi connectivity index (χ1v) is 8.21. The Labute approximate surface area is 127 Å². The Bertz CT molecular complexity index is 541. The molecular weight excluding hydrogens is 262 g/mol. The molecule has 1 aromatic rings. The summed E-state index contributed by atoms with van der Waals surface area (Å²) in [5.41, 5.74) is 1.77. The number of aliphatic hydroxyl groups is 1. The molecule has 21 heavy (non-hydrogen) atoms. The maximum Gasteiger partial charge on any atom is 0.135 e. The highest BCUT2D eigenvalue weighted by Crippen LogP contribution is 2.45. The number of rotatable bonds is 2. The normalized spacial score (nSPS) is 30.3. The third-order valence-electron chi connectivity index (χ3n) is 5.72. The molecule has 2 fully saturated rings. The molecule has 116 valence electrons. The van der Waals surface area contributed by atoms with E-state index in [0.717, 1.165) is 36.8 Å². The maximum absolute atomic E-state index is 11.0. The van der Waals surface area contributed by atoms with Crippen molar-refractivity contribution in [3.05, 3.63) is 17.1 Å². The SMILES string of the molecule is Cc1nc(C)c(C)c(N2CC[C@@](O)(C3CCC3)[C@H](C)C2)n1. The van der Waals surface area contributed by atoms with Gasteiger partial charge in [-0.1, -0.05) is 13.3 Å². The molecular formula is C17H27N3O. The third-order valence-corrected chi connectivity index (χ3v) is 5.72. The second-order valence-corrected chi connectivity index (χ2v) is 7.02. The molecule has 1 saturated carbocycles. The van der Waals surface area contributed by atoms with Gasteiger partial charge in [-0.2, -0.15) is 0 Å². The fourth-order valence-corrected chi connectivity index (χ4v) is 3.91. The van der Waals surface area contributed by atoms with Crippen molar-refractivity contribution in [2.75, 3.05) is 18.0 Å². The standard InChI is InChI=1S/C17H27N3O/c1-11-10-20(9-8-17(11,21)15-6-5-7-15)16-12(2)13(3)18-14(4)19-16/h11,15,21H,5-10H2,1-4H3/t11-,17+/m1/s1. The first kappa shape index (κ1) is 14.8. The number of nitrogens with zero attached hydrogens (tertiary/aromatic N) is 3. The van der Waals surface area contributed by atoms with Crippen LogP contribution in [0, 0.1) is 32.6 Å². The molecule has 1 N–H and O–H groups in total. The number of aromatic nitrogens is 2. The third kappa shape index (κ3) is 2.44. The lowest BCUT2D eigenvalue weighted by Crippen LogP contribution is -2.56. The van der Waals surface area contributed by atoms with Gasteiger partial charge in [-0.05, 0) is 46.0 Å². The highest BCUT2D eigenvalue weighted by Gasteiger charge is 2.47. The molecule has 2 aliphatic rings. The summed E-state index contributed by atoms with van der Waals surface area (Å²) in [4.78, 5) is 11.4. The van der Waals surface area contributed by atoms with Gasteiger partial charge in [0.15, 0.2) is 0 Å². The van der Waals surface area contributed by atoms with Crippen molar-refractivity contribution in [3.8, 4) is 0 Å². The van der Waals surface area contributed by atoms with Gasteiger partial charge in [0.1, 0.15) is 11.6 Å². The minimum absolute atomic E-state index is 0.298. The van der Waals surface area contributed by atoms with E-state index in [1.807, 2.05) is 13.8 Å². The topological polar surface area (TPSA) is 49.2 Å². The summed E-state index contributed by atoms with van der Waals surface area (Å²) in [5.74, 6) is 2.71. The van der Waals surface area contributed by atoms with Crippen molar-refractivity contribution in [1.29, 1.82) is 0 Å². The molecule has 1 saturated heterocycles. The first-order valence-electron chi connectivity index (χ1n) is 8.21. The van der Waals surface area contributed by atoms with Crippen LogP contribution in [0.15, 0.2) is 0 Å². The zero-order valence-electron chi connectivity index (χ0n) is 13.7. The Kier molecular flexibility index (Phi) is 3.68. The van der Waals surface area contributed by atoms with Crippen LogP contribution in [0.5, 0.6) is 0 Å². The molecule has 2 heterocycles. The highest BCUT2D eigenvalue weighted by atomic mass is 16.3. The first-order chi connectivity index (χ1) is 9.91. The van der Waals surface area contributed by atoms with Crippen LogP contribution in [0.25, 0.3) is 0 Å². The van der Waals surface area contributed by atoms with Crippen molar-refractivity contribution in [2.45, 2.75) is 59.0 Å². The van der Waals surface area contributed by atoms with E-state index in [9.17, 15) is 5.11 Å². The van der Waals surface area contributed by atoms with Gasteiger partial charge in [0.05, 0.1) is 5.60 Å². The van der Waals surface area contributed by atoms with Crippen LogP contribution in [0.4, 0.5) is 5.82 Å². The van der Waals surface area contributed by atoms with Crippen molar-refractivity contribution >= 4 is 5.82 Å². The Hall–Kier alpha value is -1.16. The highest BCUT2D eigenvalue weighted by molar-refractivity contribution is 5.49. The molecule has 4 heteroatoms. The Balaban J connectivity index is 1.81. The van der Waals surface area contributed by atoms with Crippen LogP contribution in [-0.4, -0.2) is 33.8 Å². The smallest absolute Gasteiger partial charge is 0.135 e. The minimum Gasteiger partial charge on any atom is -0.389 e. The molecule has 4 nitrogen and oxygen atoms in total. The monoisotopic (exact) mass is 289 g/mol. The number of aryl methyl sites for hydroxylation is 2. The van der Waals surface area contributed by atoms with Crippen LogP contribution < -0.4 is 4.90 Å². The van der Waals surface area contributed by atoms with Crippen LogP contribution in [-0.2, 0) is 0 Å². The minimum atomic E-state index is -0.459. The number of anilines is 1. The summed E-state index contributed by atoms with van der Waals surface area (Å²) in [7, 11) is 0. The van der Waals surface area contributed by atoms with Gasteiger partial charge in [-0.25, -0.2) is 9.97 Å². The molecule has 0 unspecified atom stereocenters. The molecule has 0 amide bonds. The molecule has 0 radical (unpaired) electrons. The lowest BCUT2D eigenvalue weighted by atomic mass is 9.65. The Morgan fingerprint density at radius 1 is 1.19 bits per heavy atom. The summed E-state index contributed by atoms with van der Waals surface area (Å²) in [6.45, 7) is 10.1. The molecule has 0 aromatic carbocycles. The fraction of sp³-hybridized carbons (Fsp3) is 0.765. The van der Waals surface area contributed by atoms with Gasteiger partial charge in [0, 0.05) is 30.3 Å². The predicted molar refractivity (Wildman–Crippen MR) is 84.5 cm³/mol. The Morgan fingerprint density at radius 3 is 2.48 bits per heavy atom. The molecule has 0 bridgehead atoms. The van der Waals surface area contributed by atoms with Crippen molar-refractivity contribution in [1.82, 2.24) is 9.97 Å². The van der Waals surface area contributed by atoms with E-state index >= 15 is 0 Å². The van der Waals surface area contributed by atoms with E-state index in [2.05, 4.69) is 28.7 Å². The molecule has 1 aliphatic heterocycles. The summed E-state index contributed by atoms with van der Waals surface area (Å²) in [5, 5.41) is 11.0. The van der Waals surface area contributed by atoms with E-state index < -0.39 is 5.60 Å². The van der Waals surface area contributed by atoms with E-state index in [1.54, 1.807) is 0 Å². The summed E-state index contributed by atoms with van der Waals surface area (Å²) in [6.07, 6.45) is 4.55. The van der Waals surface area contributed by atoms with Gasteiger partial charge >= 0.3 is 0 Å². The van der Waals surface area contributed by atoms with Gasteiger partial charge in [-0.3, -0.25) is 0 Å². The van der Waals surface area contributed by atoms with E-state index in [1.165, 1.54) is 24.8 Å². The second-order valence-electron chi connectivity index (χ2n) is 7.02. The van der Waals surface area contributed by atoms with Crippen molar-refractivity contribution in [2.24, 2.45) is 11.8 Å². The summed E-state index contributed by atoms with van der Waals surface area (Å²) >= 11 is 0. The maximum atomic E-state index is 11.0. The van der Waals surface area contributed by atoms with Crippen LogP contribution >= 0.6 is 0 Å². The van der Waals surface area contributed by atoms with E-state index in [4.69, 9.17) is 0 Å². The number of hydrogen-bond donors (Lipinski definition) is 1. The quantitative estimate of drug-likeness (QED) is 0.909. The van der Waals surface area contributed by atoms with Crippen molar-refractivity contribution < 1.29 is 5.11 Å². The molecule has 3 rings (SSSR count). The number of piperidine rings is 1. The fourth-order valence-electron chi connectivity index (χ4n) is 3.91. The van der Waals surface area contributed by atoms with E-state index in [0.29, 0.717) is 11.8 Å². The van der Waals surface area contributed by atoms with Gasteiger partial charge < -0.3 is 10.0 Å². The average Bonchev–Trinajstić information content (AvgIpc) is 2.35. The van der Waals surface area contributed by atoms with Gasteiger partial charge in [0.25, 0.3) is 0 Å². The molecule has 2 atom stereocenters. The lowest BCUT2D eigenvalue weighted by molar-refractivity contribution is -0.102. The number of hydrogen-bond acceptors (Lipinski definition) is 4. The summed E-state index contributed by atoms with van der Waals surface area (Å²) in [6, 6.07) is 0. The van der Waals surface area contributed by atoms with E-state index in [-0.39, 0.29) is 0 Å². The van der Waals surface area contributed by atoms with Crippen LogP contribution in [0.2, 0.25) is 0 Å². The second kappa shape index (κ2) is 5.24. The van der Waals surface area contributed by atoms with Crippen molar-refractivity contribution in [3.63, 3.8) is 0 Å². The molecule has 1 aliphatic carbocycles. The molecule has 0 spiro atoms.